The maximum absolute atomic E-state index is 12.3. The van der Waals surface area contributed by atoms with Crippen LogP contribution in [0.4, 0.5) is 0 Å². The highest BCUT2D eigenvalue weighted by atomic mass is 79.9. The Hall–Kier alpha value is 0.110. The van der Waals surface area contributed by atoms with Gasteiger partial charge in [-0.3, -0.25) is 4.79 Å². The van der Waals surface area contributed by atoms with Crippen LogP contribution in [-0.4, -0.2) is 29.7 Å². The zero-order valence-electron chi connectivity index (χ0n) is 10.9. The van der Waals surface area contributed by atoms with Crippen molar-refractivity contribution >= 4 is 21.7 Å². The number of halogens is 1. The molecule has 1 N–H and O–H groups in total. The van der Waals surface area contributed by atoms with E-state index in [0.29, 0.717) is 22.6 Å². The van der Waals surface area contributed by atoms with Crippen LogP contribution < -0.4 is 4.90 Å². The summed E-state index contributed by atoms with van der Waals surface area (Å²) in [5.74, 6) is 0.901. The predicted molar refractivity (Wildman–Crippen MR) is 73.7 cm³/mol. The third kappa shape index (κ3) is 3.78. The minimum atomic E-state index is 0.366. The second-order valence-electron chi connectivity index (χ2n) is 5.90. The molecule has 0 aromatic rings. The molecule has 2 atom stereocenters. The average Bonchev–Trinajstić information content (AvgIpc) is 2.33. The van der Waals surface area contributed by atoms with Gasteiger partial charge in [0.1, 0.15) is 6.54 Å². The molecule has 0 bridgehead atoms. The van der Waals surface area contributed by atoms with Gasteiger partial charge >= 0.3 is 0 Å². The Balaban J connectivity index is 1.79. The summed E-state index contributed by atoms with van der Waals surface area (Å²) in [6.45, 7) is 4.30. The van der Waals surface area contributed by atoms with Gasteiger partial charge in [-0.2, -0.15) is 0 Å². The monoisotopic (exact) mass is 302 g/mol. The van der Waals surface area contributed by atoms with E-state index in [1.165, 1.54) is 38.6 Å². The molecule has 2 fully saturated rings. The Morgan fingerprint density at radius 2 is 1.88 bits per heavy atom. The van der Waals surface area contributed by atoms with Gasteiger partial charge in [-0.25, -0.2) is 0 Å². The Morgan fingerprint density at radius 1 is 1.18 bits per heavy atom. The summed E-state index contributed by atoms with van der Waals surface area (Å²) in [6, 6.07) is 0.695. The number of rotatable bonds is 3. The fraction of sp³-hybridized carbons (Fsp3) is 0.929. The lowest BCUT2D eigenvalue weighted by Crippen LogP contribution is -3.17. The van der Waals surface area contributed by atoms with Crippen molar-refractivity contribution in [2.45, 2.75) is 62.7 Å². The van der Waals surface area contributed by atoms with Crippen molar-refractivity contribution < 1.29 is 9.69 Å². The maximum atomic E-state index is 12.3. The molecule has 0 amide bonds. The molecule has 1 heterocycles. The van der Waals surface area contributed by atoms with Gasteiger partial charge in [-0.05, 0) is 51.9 Å². The van der Waals surface area contributed by atoms with Gasteiger partial charge in [-0.1, -0.05) is 15.9 Å². The summed E-state index contributed by atoms with van der Waals surface area (Å²) in [7, 11) is 0. The second kappa shape index (κ2) is 6.33. The summed E-state index contributed by atoms with van der Waals surface area (Å²) < 4.78 is 0. The van der Waals surface area contributed by atoms with Crippen LogP contribution >= 0.6 is 15.9 Å². The van der Waals surface area contributed by atoms with Crippen LogP contribution in [0, 0.1) is 5.92 Å². The van der Waals surface area contributed by atoms with Crippen LogP contribution in [0.5, 0.6) is 0 Å². The summed E-state index contributed by atoms with van der Waals surface area (Å²) in [6.07, 6.45) is 8.54. The number of ketones is 1. The lowest BCUT2D eigenvalue weighted by Gasteiger charge is -2.31. The molecule has 0 spiro atoms. The van der Waals surface area contributed by atoms with E-state index in [1.54, 1.807) is 4.90 Å². The standard InChI is InChI=1S/C14H24BrNO/c1-11-4-2-3-9-16(11)10-14(17)12-5-7-13(15)8-6-12/h11-13H,2-10H2,1H3/p+1. The number of nitrogens with one attached hydrogen (secondary N) is 1. The molecule has 0 aromatic heterocycles. The van der Waals surface area contributed by atoms with Crippen molar-refractivity contribution in [3.8, 4) is 0 Å². The van der Waals surface area contributed by atoms with Crippen LogP contribution in [0.3, 0.4) is 0 Å². The second-order valence-corrected chi connectivity index (χ2v) is 7.19. The number of hydrogen-bond donors (Lipinski definition) is 1. The Bertz CT molecular complexity index is 261. The van der Waals surface area contributed by atoms with Crippen LogP contribution in [0.25, 0.3) is 0 Å². The molecule has 1 aliphatic heterocycles. The molecule has 98 valence electrons. The molecule has 2 nitrogen and oxygen atoms in total. The number of piperidine rings is 1. The van der Waals surface area contributed by atoms with E-state index in [9.17, 15) is 4.79 Å². The van der Waals surface area contributed by atoms with E-state index in [2.05, 4.69) is 22.9 Å². The molecule has 17 heavy (non-hydrogen) atoms. The Kier molecular flexibility index (Phi) is 5.04. The number of quaternary nitrogens is 1. The molecule has 3 heteroatoms. The first-order valence-corrected chi connectivity index (χ1v) is 8.09. The SMILES string of the molecule is CC1CCCC[NH+]1CC(=O)C1CCC(Br)CC1. The molecule has 2 unspecified atom stereocenters. The molecule has 0 radical (unpaired) electrons. The van der Waals surface area contributed by atoms with Gasteiger partial charge in [0.25, 0.3) is 0 Å². The first kappa shape index (κ1) is 13.5. The molecule has 1 aliphatic carbocycles. The Labute approximate surface area is 113 Å². The highest BCUT2D eigenvalue weighted by Gasteiger charge is 2.30. The normalized spacial score (nSPS) is 38.9. The highest BCUT2D eigenvalue weighted by Crippen LogP contribution is 2.28. The summed E-state index contributed by atoms with van der Waals surface area (Å²) in [5, 5.41) is 0. The Morgan fingerprint density at radius 3 is 2.53 bits per heavy atom. The third-order valence-corrected chi connectivity index (χ3v) is 5.51. The van der Waals surface area contributed by atoms with Crippen LogP contribution in [-0.2, 0) is 4.79 Å². The zero-order valence-corrected chi connectivity index (χ0v) is 12.5. The minimum absolute atomic E-state index is 0.366. The number of likely N-dealkylation sites (tertiary alicyclic amines) is 1. The third-order valence-electron chi connectivity index (χ3n) is 4.60. The summed E-state index contributed by atoms with van der Waals surface area (Å²) in [5.41, 5.74) is 0. The van der Waals surface area contributed by atoms with E-state index in [0.717, 1.165) is 19.4 Å². The molecular formula is C14H25BrNO+. The lowest BCUT2D eigenvalue weighted by molar-refractivity contribution is -0.921. The van der Waals surface area contributed by atoms with E-state index < -0.39 is 0 Å². The number of Topliss-reactive ketones (excluding diaryl/α,β-unsaturated/α-hetero) is 1. The smallest absolute Gasteiger partial charge is 0.189 e. The van der Waals surface area contributed by atoms with Gasteiger partial charge in [0.05, 0.1) is 12.6 Å². The van der Waals surface area contributed by atoms with Gasteiger partial charge < -0.3 is 4.90 Å². The van der Waals surface area contributed by atoms with Crippen molar-refractivity contribution in [1.82, 2.24) is 0 Å². The molecule has 2 rings (SSSR count). The van der Waals surface area contributed by atoms with Gasteiger partial charge in [0.15, 0.2) is 5.78 Å². The fourth-order valence-corrected chi connectivity index (χ4v) is 3.79. The zero-order chi connectivity index (χ0) is 12.3. The molecule has 1 saturated heterocycles. The van der Waals surface area contributed by atoms with Gasteiger partial charge in [0.2, 0.25) is 0 Å². The van der Waals surface area contributed by atoms with Crippen molar-refractivity contribution in [3.05, 3.63) is 0 Å². The van der Waals surface area contributed by atoms with Crippen molar-refractivity contribution in [2.24, 2.45) is 5.92 Å². The maximum Gasteiger partial charge on any atom is 0.189 e. The predicted octanol–water partition coefficient (Wildman–Crippen LogP) is 1.97. The van der Waals surface area contributed by atoms with E-state index in [-0.39, 0.29) is 0 Å². The first-order valence-electron chi connectivity index (χ1n) is 7.18. The fourth-order valence-electron chi connectivity index (χ4n) is 3.26. The quantitative estimate of drug-likeness (QED) is 0.791. The van der Waals surface area contributed by atoms with Crippen molar-refractivity contribution in [1.29, 1.82) is 0 Å². The highest BCUT2D eigenvalue weighted by molar-refractivity contribution is 9.09. The molecule has 2 aliphatic rings. The van der Waals surface area contributed by atoms with Gasteiger partial charge in [-0.15, -0.1) is 0 Å². The van der Waals surface area contributed by atoms with Crippen LogP contribution in [0.15, 0.2) is 0 Å². The van der Waals surface area contributed by atoms with E-state index in [4.69, 9.17) is 0 Å². The summed E-state index contributed by atoms with van der Waals surface area (Å²) >= 11 is 3.66. The van der Waals surface area contributed by atoms with E-state index in [1.807, 2.05) is 0 Å². The number of carbonyl (C=O) groups is 1. The number of alkyl halides is 1. The minimum Gasteiger partial charge on any atom is -0.327 e. The molecule has 0 aromatic carbocycles. The number of carbonyl (C=O) groups excluding carboxylic acids is 1. The van der Waals surface area contributed by atoms with E-state index >= 15 is 0 Å². The topological polar surface area (TPSA) is 21.5 Å². The average molecular weight is 303 g/mol. The first-order chi connectivity index (χ1) is 8.16. The molecule has 1 saturated carbocycles. The van der Waals surface area contributed by atoms with Crippen LogP contribution in [0.1, 0.15) is 51.9 Å². The van der Waals surface area contributed by atoms with Gasteiger partial charge in [0, 0.05) is 10.7 Å². The molecular weight excluding hydrogens is 278 g/mol. The van der Waals surface area contributed by atoms with Crippen LogP contribution in [0.2, 0.25) is 0 Å². The number of hydrogen-bond acceptors (Lipinski definition) is 1. The van der Waals surface area contributed by atoms with Crippen molar-refractivity contribution in [2.75, 3.05) is 13.1 Å². The van der Waals surface area contributed by atoms with Crippen molar-refractivity contribution in [3.63, 3.8) is 0 Å². The summed E-state index contributed by atoms with van der Waals surface area (Å²) in [4.78, 5) is 14.5. The largest absolute Gasteiger partial charge is 0.327 e. The lowest BCUT2D eigenvalue weighted by atomic mass is 9.85.